The number of nitro groups is 1. The number of benzene rings is 2. The maximum atomic E-state index is 12.7. The topological polar surface area (TPSA) is 128 Å². The maximum absolute atomic E-state index is 12.7. The first-order valence-electron chi connectivity index (χ1n) is 8.26. The zero-order valence-corrected chi connectivity index (χ0v) is 15.9. The molecule has 0 fully saturated rings. The van der Waals surface area contributed by atoms with Gasteiger partial charge in [0.1, 0.15) is 5.69 Å². The third kappa shape index (κ3) is 4.10. The second-order valence-electron chi connectivity index (χ2n) is 6.08. The molecule has 3 rings (SSSR count). The number of halogens is 3. The average Bonchev–Trinajstić information content (AvgIpc) is 3.18. The highest BCUT2D eigenvalue weighted by atomic mass is 32.2. The molecule has 158 valence electrons. The first-order chi connectivity index (χ1) is 14.0. The van der Waals surface area contributed by atoms with Gasteiger partial charge in [-0.05, 0) is 31.2 Å². The highest BCUT2D eigenvalue weighted by Crippen LogP contribution is 2.35. The lowest BCUT2D eigenvalue weighted by Gasteiger charge is -2.13. The fraction of sp³-hybridized carbons (Fsp3) is 0.176. The Morgan fingerprint density at radius 1 is 1.17 bits per heavy atom. The molecular formula is C17H13F3N4O5S. The quantitative estimate of drug-likeness (QED) is 0.446. The standard InChI is InChI=1S/C17H13F3N4O5S/c1-10(15-22-16(29-23-15)11-5-3-2-4-6-11)21-13-8-7-12(9-14(13)24(25)26)30(27,28)17(18,19)20/h2-10,21H,1H3. The largest absolute Gasteiger partial charge is 0.501 e. The Hall–Kier alpha value is -3.48. The van der Waals surface area contributed by atoms with Crippen molar-refractivity contribution in [2.75, 3.05) is 5.32 Å². The highest BCUT2D eigenvalue weighted by Gasteiger charge is 2.47. The Morgan fingerprint density at radius 3 is 2.43 bits per heavy atom. The molecule has 0 aliphatic heterocycles. The molecule has 1 heterocycles. The summed E-state index contributed by atoms with van der Waals surface area (Å²) in [5.41, 5.74) is -5.99. The van der Waals surface area contributed by atoms with Gasteiger partial charge in [-0.15, -0.1) is 0 Å². The first kappa shape index (κ1) is 21.2. The van der Waals surface area contributed by atoms with Gasteiger partial charge in [0, 0.05) is 11.6 Å². The lowest BCUT2D eigenvalue weighted by Crippen LogP contribution is -2.23. The van der Waals surface area contributed by atoms with Crippen molar-refractivity contribution in [1.29, 1.82) is 0 Å². The fourth-order valence-corrected chi connectivity index (χ4v) is 3.27. The molecule has 1 unspecified atom stereocenters. The van der Waals surface area contributed by atoms with E-state index in [1.807, 2.05) is 0 Å². The molecule has 1 atom stereocenters. The minimum Gasteiger partial charge on any atom is -0.370 e. The van der Waals surface area contributed by atoms with E-state index in [1.165, 1.54) is 0 Å². The molecule has 1 aromatic heterocycles. The lowest BCUT2D eigenvalue weighted by molar-refractivity contribution is -0.384. The van der Waals surface area contributed by atoms with Crippen molar-refractivity contribution >= 4 is 21.2 Å². The molecule has 1 N–H and O–H groups in total. The molecule has 30 heavy (non-hydrogen) atoms. The lowest BCUT2D eigenvalue weighted by atomic mass is 10.2. The third-order valence-corrected chi connectivity index (χ3v) is 5.49. The summed E-state index contributed by atoms with van der Waals surface area (Å²) in [6.07, 6.45) is 0. The number of hydrogen-bond donors (Lipinski definition) is 1. The van der Waals surface area contributed by atoms with E-state index < -0.39 is 36.9 Å². The monoisotopic (exact) mass is 442 g/mol. The molecule has 3 aromatic rings. The summed E-state index contributed by atoms with van der Waals surface area (Å²) in [5, 5.41) is 17.8. The van der Waals surface area contributed by atoms with Crippen LogP contribution in [0.2, 0.25) is 0 Å². The number of nitrogens with zero attached hydrogens (tertiary/aromatic N) is 3. The van der Waals surface area contributed by atoms with Crippen molar-refractivity contribution < 1.29 is 31.0 Å². The van der Waals surface area contributed by atoms with Crippen LogP contribution in [0, 0.1) is 10.1 Å². The predicted octanol–water partition coefficient (Wildman–Crippen LogP) is 4.11. The Balaban J connectivity index is 1.89. The molecule has 2 aromatic carbocycles. The van der Waals surface area contributed by atoms with E-state index in [-0.39, 0.29) is 17.4 Å². The van der Waals surface area contributed by atoms with Crippen LogP contribution in [0.3, 0.4) is 0 Å². The second-order valence-corrected chi connectivity index (χ2v) is 8.02. The Labute approximate surface area is 167 Å². The number of nitrogens with one attached hydrogen (secondary N) is 1. The number of rotatable bonds is 6. The molecule has 0 bridgehead atoms. The summed E-state index contributed by atoms with van der Waals surface area (Å²) in [5.74, 6) is 0.343. The van der Waals surface area contributed by atoms with Gasteiger partial charge in [-0.2, -0.15) is 18.2 Å². The van der Waals surface area contributed by atoms with Crippen LogP contribution in [0.4, 0.5) is 24.5 Å². The van der Waals surface area contributed by atoms with Crippen molar-refractivity contribution in [2.24, 2.45) is 0 Å². The maximum Gasteiger partial charge on any atom is 0.501 e. The molecule has 0 amide bonds. The highest BCUT2D eigenvalue weighted by molar-refractivity contribution is 7.92. The Bertz CT molecular complexity index is 1180. The van der Waals surface area contributed by atoms with Gasteiger partial charge in [-0.3, -0.25) is 10.1 Å². The van der Waals surface area contributed by atoms with Gasteiger partial charge < -0.3 is 9.84 Å². The van der Waals surface area contributed by atoms with Crippen molar-refractivity contribution in [1.82, 2.24) is 10.1 Å². The van der Waals surface area contributed by atoms with Crippen LogP contribution in [0.1, 0.15) is 18.8 Å². The Morgan fingerprint density at radius 2 is 1.83 bits per heavy atom. The minimum absolute atomic E-state index is 0.134. The summed E-state index contributed by atoms with van der Waals surface area (Å²) in [6.45, 7) is 1.55. The number of anilines is 1. The zero-order valence-electron chi connectivity index (χ0n) is 15.1. The van der Waals surface area contributed by atoms with Crippen LogP contribution >= 0.6 is 0 Å². The van der Waals surface area contributed by atoms with Gasteiger partial charge in [-0.1, -0.05) is 23.4 Å². The van der Waals surface area contributed by atoms with E-state index in [4.69, 9.17) is 4.52 Å². The molecule has 0 spiro atoms. The van der Waals surface area contributed by atoms with Crippen LogP contribution < -0.4 is 5.32 Å². The summed E-state index contributed by atoms with van der Waals surface area (Å²) >= 11 is 0. The van der Waals surface area contributed by atoms with E-state index in [1.54, 1.807) is 37.3 Å². The summed E-state index contributed by atoms with van der Waals surface area (Å²) in [4.78, 5) is 13.3. The van der Waals surface area contributed by atoms with Crippen molar-refractivity contribution in [3.05, 3.63) is 64.5 Å². The molecule has 13 heteroatoms. The van der Waals surface area contributed by atoms with Crippen LogP contribution in [0.25, 0.3) is 11.5 Å². The van der Waals surface area contributed by atoms with Crippen LogP contribution in [-0.2, 0) is 9.84 Å². The molecule has 0 aliphatic carbocycles. The van der Waals surface area contributed by atoms with Gasteiger partial charge in [-0.25, -0.2) is 8.42 Å². The summed E-state index contributed by atoms with van der Waals surface area (Å²) in [6, 6.07) is 9.93. The summed E-state index contributed by atoms with van der Waals surface area (Å²) < 4.78 is 66.4. The normalized spacial score (nSPS) is 13.1. The van der Waals surface area contributed by atoms with Crippen molar-refractivity contribution in [2.45, 2.75) is 23.4 Å². The minimum atomic E-state index is -5.73. The fourth-order valence-electron chi connectivity index (χ4n) is 2.49. The van der Waals surface area contributed by atoms with Crippen molar-refractivity contribution in [3.8, 4) is 11.5 Å². The van der Waals surface area contributed by atoms with E-state index in [0.717, 1.165) is 6.07 Å². The first-order valence-corrected chi connectivity index (χ1v) is 9.74. The second kappa shape index (κ2) is 7.74. The predicted molar refractivity (Wildman–Crippen MR) is 98.1 cm³/mol. The van der Waals surface area contributed by atoms with Gasteiger partial charge in [0.25, 0.3) is 21.4 Å². The third-order valence-electron chi connectivity index (χ3n) is 4.00. The number of sulfone groups is 1. The van der Waals surface area contributed by atoms with Gasteiger partial charge in [0.05, 0.1) is 15.9 Å². The number of hydrogen-bond acceptors (Lipinski definition) is 8. The SMILES string of the molecule is CC(Nc1ccc(S(=O)(=O)C(F)(F)F)cc1[N+](=O)[O-])c1noc(-c2ccccc2)n1. The van der Waals surface area contributed by atoms with Crippen LogP contribution in [0.15, 0.2) is 57.9 Å². The van der Waals surface area contributed by atoms with Gasteiger partial charge in [0.2, 0.25) is 0 Å². The van der Waals surface area contributed by atoms with E-state index in [9.17, 15) is 31.7 Å². The molecule has 0 saturated heterocycles. The summed E-state index contributed by atoms with van der Waals surface area (Å²) in [7, 11) is -5.73. The van der Waals surface area contributed by atoms with E-state index >= 15 is 0 Å². The van der Waals surface area contributed by atoms with Gasteiger partial charge in [0.15, 0.2) is 5.82 Å². The van der Waals surface area contributed by atoms with Crippen molar-refractivity contribution in [3.63, 3.8) is 0 Å². The molecule has 9 nitrogen and oxygen atoms in total. The van der Waals surface area contributed by atoms with Gasteiger partial charge >= 0.3 is 5.51 Å². The molecule has 0 radical (unpaired) electrons. The average molecular weight is 442 g/mol. The Kier molecular flexibility index (Phi) is 5.48. The molecular weight excluding hydrogens is 429 g/mol. The van der Waals surface area contributed by atoms with E-state index in [0.29, 0.717) is 17.7 Å². The van der Waals surface area contributed by atoms with Crippen LogP contribution in [-0.4, -0.2) is 29.0 Å². The number of alkyl halides is 3. The zero-order chi connectivity index (χ0) is 22.1. The smallest absolute Gasteiger partial charge is 0.370 e. The number of aromatic nitrogens is 2. The molecule has 0 aliphatic rings. The molecule has 0 saturated carbocycles. The van der Waals surface area contributed by atoms with Crippen LogP contribution in [0.5, 0.6) is 0 Å². The van der Waals surface area contributed by atoms with E-state index in [2.05, 4.69) is 15.5 Å². The number of nitro benzene ring substituents is 1.